The van der Waals surface area contributed by atoms with Crippen molar-refractivity contribution in [1.82, 2.24) is 5.32 Å². The van der Waals surface area contributed by atoms with E-state index in [0.29, 0.717) is 11.9 Å². The van der Waals surface area contributed by atoms with Crippen LogP contribution in [0.1, 0.15) is 195 Å². The lowest BCUT2D eigenvalue weighted by atomic mass is 9.98. The molecule has 4 atom stereocenters. The predicted octanol–water partition coefficient (Wildman–Crippen LogP) is 11.6. The lowest BCUT2D eigenvalue weighted by Crippen LogP contribution is -2.38. The van der Waals surface area contributed by atoms with Crippen molar-refractivity contribution in [2.45, 2.75) is 201 Å². The summed E-state index contributed by atoms with van der Waals surface area (Å²) in [5.74, 6) is 2.64. The zero-order valence-electron chi connectivity index (χ0n) is 26.1. The molecular formula is C35H69NO. The molecule has 0 aliphatic heterocycles. The van der Waals surface area contributed by atoms with Crippen molar-refractivity contribution in [3.05, 3.63) is 0 Å². The summed E-state index contributed by atoms with van der Waals surface area (Å²) >= 11 is 0. The first-order valence-electron chi connectivity index (χ1n) is 17.4. The standard InChI is InChI=1S/C35H69NO/c1-5-8-11-13-15-19-23-28-34(36-35(37)31(4)25-10-7-3)29-24-20-16-18-22-27-33-30-32(33)26-21-17-14-12-9-6-2/h31-34H,5-30H2,1-4H3,(H,36,37). The fraction of sp³-hybridized carbons (Fsp3) is 0.971. The summed E-state index contributed by atoms with van der Waals surface area (Å²) in [5.41, 5.74) is 0. The molecule has 1 aliphatic rings. The van der Waals surface area contributed by atoms with Gasteiger partial charge in [0.2, 0.25) is 5.91 Å². The number of hydrogen-bond donors (Lipinski definition) is 1. The highest BCUT2D eigenvalue weighted by Gasteiger charge is 2.35. The van der Waals surface area contributed by atoms with Crippen LogP contribution < -0.4 is 5.32 Å². The van der Waals surface area contributed by atoms with Crippen LogP contribution in [0.5, 0.6) is 0 Å². The lowest BCUT2D eigenvalue weighted by Gasteiger charge is -2.21. The van der Waals surface area contributed by atoms with Gasteiger partial charge in [0.25, 0.3) is 0 Å². The van der Waals surface area contributed by atoms with Crippen LogP contribution in [0.15, 0.2) is 0 Å². The zero-order valence-corrected chi connectivity index (χ0v) is 26.1. The van der Waals surface area contributed by atoms with Crippen LogP contribution in [0.4, 0.5) is 0 Å². The van der Waals surface area contributed by atoms with E-state index in [2.05, 4.69) is 33.0 Å². The molecule has 0 bridgehead atoms. The van der Waals surface area contributed by atoms with Crippen LogP contribution in [-0.2, 0) is 4.79 Å². The van der Waals surface area contributed by atoms with Gasteiger partial charge in [0.15, 0.2) is 0 Å². The fourth-order valence-electron chi connectivity index (χ4n) is 6.15. The summed E-state index contributed by atoms with van der Waals surface area (Å²) in [5, 5.41) is 3.46. The maximum Gasteiger partial charge on any atom is 0.223 e. The van der Waals surface area contributed by atoms with E-state index < -0.39 is 0 Å². The SMILES string of the molecule is CCCCCCCCCC(CCCCCCCC1CC1CCCCCCCC)NC(=O)C(C)CCCC. The molecule has 0 aromatic rings. The number of nitrogens with one attached hydrogen (secondary N) is 1. The maximum atomic E-state index is 12.8. The van der Waals surface area contributed by atoms with E-state index in [9.17, 15) is 4.79 Å². The minimum absolute atomic E-state index is 0.170. The molecule has 0 radical (unpaired) electrons. The van der Waals surface area contributed by atoms with E-state index >= 15 is 0 Å². The second-order valence-corrected chi connectivity index (χ2v) is 12.8. The van der Waals surface area contributed by atoms with E-state index in [1.807, 2.05) is 0 Å². The molecule has 2 heteroatoms. The van der Waals surface area contributed by atoms with E-state index in [0.717, 1.165) is 24.7 Å². The molecule has 1 saturated carbocycles. The number of unbranched alkanes of at least 4 members (excludes halogenated alkanes) is 16. The monoisotopic (exact) mass is 520 g/mol. The predicted molar refractivity (Wildman–Crippen MR) is 165 cm³/mol. The Morgan fingerprint density at radius 3 is 1.43 bits per heavy atom. The Kier molecular flexibility index (Phi) is 22.8. The smallest absolute Gasteiger partial charge is 0.223 e. The molecule has 37 heavy (non-hydrogen) atoms. The Bertz CT molecular complexity index is 503. The van der Waals surface area contributed by atoms with Crippen LogP contribution in [0, 0.1) is 17.8 Å². The summed E-state index contributed by atoms with van der Waals surface area (Å²) in [6.45, 7) is 8.93. The van der Waals surface area contributed by atoms with Crippen molar-refractivity contribution in [3.63, 3.8) is 0 Å². The number of hydrogen-bond acceptors (Lipinski definition) is 1. The summed E-state index contributed by atoms with van der Waals surface area (Å²) in [4.78, 5) is 12.8. The van der Waals surface area contributed by atoms with E-state index in [4.69, 9.17) is 0 Å². The number of amides is 1. The molecule has 0 spiro atoms. The molecule has 0 saturated heterocycles. The van der Waals surface area contributed by atoms with E-state index in [-0.39, 0.29) is 5.92 Å². The van der Waals surface area contributed by atoms with Gasteiger partial charge in [-0.3, -0.25) is 4.79 Å². The van der Waals surface area contributed by atoms with Crippen molar-refractivity contribution in [1.29, 1.82) is 0 Å². The maximum absolute atomic E-state index is 12.8. The van der Waals surface area contributed by atoms with Crippen LogP contribution in [-0.4, -0.2) is 11.9 Å². The summed E-state index contributed by atoms with van der Waals surface area (Å²) in [7, 11) is 0. The average molecular weight is 520 g/mol. The molecule has 0 aromatic carbocycles. The van der Waals surface area contributed by atoms with Gasteiger partial charge >= 0.3 is 0 Å². The van der Waals surface area contributed by atoms with Gasteiger partial charge in [0.05, 0.1) is 0 Å². The van der Waals surface area contributed by atoms with Gasteiger partial charge in [0, 0.05) is 12.0 Å². The van der Waals surface area contributed by atoms with Gasteiger partial charge < -0.3 is 5.32 Å². The van der Waals surface area contributed by atoms with Crippen molar-refractivity contribution < 1.29 is 4.79 Å². The normalized spacial score (nSPS) is 18.6. The van der Waals surface area contributed by atoms with Gasteiger partial charge in [-0.15, -0.1) is 0 Å². The molecule has 1 aliphatic carbocycles. The van der Waals surface area contributed by atoms with Gasteiger partial charge in [-0.1, -0.05) is 169 Å². The minimum atomic E-state index is 0.170. The van der Waals surface area contributed by atoms with Gasteiger partial charge in [-0.05, 0) is 37.5 Å². The zero-order chi connectivity index (χ0) is 27.0. The molecular weight excluding hydrogens is 450 g/mol. The molecule has 1 amide bonds. The van der Waals surface area contributed by atoms with Crippen LogP contribution >= 0.6 is 0 Å². The van der Waals surface area contributed by atoms with E-state index in [1.54, 1.807) is 0 Å². The Labute approximate surface area is 234 Å². The number of carbonyl (C=O) groups is 1. The first kappa shape index (κ1) is 34.5. The van der Waals surface area contributed by atoms with Crippen LogP contribution in [0.2, 0.25) is 0 Å². The molecule has 1 N–H and O–H groups in total. The lowest BCUT2D eigenvalue weighted by molar-refractivity contribution is -0.125. The average Bonchev–Trinajstić information content (AvgIpc) is 3.65. The first-order chi connectivity index (χ1) is 18.1. The third-order valence-electron chi connectivity index (χ3n) is 9.07. The largest absolute Gasteiger partial charge is 0.353 e. The fourth-order valence-corrected chi connectivity index (χ4v) is 6.15. The van der Waals surface area contributed by atoms with Crippen LogP contribution in [0.3, 0.4) is 0 Å². The Hall–Kier alpha value is -0.530. The highest BCUT2D eigenvalue weighted by atomic mass is 16.1. The molecule has 0 heterocycles. The van der Waals surface area contributed by atoms with Crippen molar-refractivity contribution in [3.8, 4) is 0 Å². The second-order valence-electron chi connectivity index (χ2n) is 12.8. The van der Waals surface area contributed by atoms with Gasteiger partial charge in [0.1, 0.15) is 0 Å². The molecule has 220 valence electrons. The van der Waals surface area contributed by atoms with Crippen molar-refractivity contribution in [2.24, 2.45) is 17.8 Å². The Morgan fingerprint density at radius 1 is 0.568 bits per heavy atom. The summed E-state index contributed by atoms with van der Waals surface area (Å²) in [6.07, 6.45) is 35.3. The second kappa shape index (κ2) is 24.5. The molecule has 1 fully saturated rings. The summed E-state index contributed by atoms with van der Waals surface area (Å²) < 4.78 is 0. The molecule has 2 nitrogen and oxygen atoms in total. The van der Waals surface area contributed by atoms with Gasteiger partial charge in [-0.25, -0.2) is 0 Å². The van der Waals surface area contributed by atoms with Gasteiger partial charge in [-0.2, -0.15) is 0 Å². The Balaban J connectivity index is 2.12. The third kappa shape index (κ3) is 20.1. The van der Waals surface area contributed by atoms with E-state index in [1.165, 1.54) is 154 Å². The topological polar surface area (TPSA) is 29.1 Å². The van der Waals surface area contributed by atoms with Crippen molar-refractivity contribution in [2.75, 3.05) is 0 Å². The summed E-state index contributed by atoms with van der Waals surface area (Å²) in [6, 6.07) is 0.404. The molecule has 0 aromatic heterocycles. The molecule has 1 rings (SSSR count). The number of carbonyl (C=O) groups excluding carboxylic acids is 1. The Morgan fingerprint density at radius 2 is 0.973 bits per heavy atom. The number of rotatable bonds is 28. The van der Waals surface area contributed by atoms with Crippen LogP contribution in [0.25, 0.3) is 0 Å². The highest BCUT2D eigenvalue weighted by molar-refractivity contribution is 5.78. The highest BCUT2D eigenvalue weighted by Crippen LogP contribution is 2.45. The quantitative estimate of drug-likeness (QED) is 0.102. The third-order valence-corrected chi connectivity index (χ3v) is 9.07. The molecule has 4 unspecified atom stereocenters. The minimum Gasteiger partial charge on any atom is -0.353 e. The van der Waals surface area contributed by atoms with Crippen molar-refractivity contribution >= 4 is 5.91 Å². The first-order valence-corrected chi connectivity index (χ1v) is 17.4.